The van der Waals surface area contributed by atoms with E-state index in [1.54, 1.807) is 0 Å². The number of aryl methyl sites for hydroxylation is 2. The molecule has 0 aliphatic carbocycles. The maximum Gasteiger partial charge on any atom is 0.231 e. The number of fused-ring (bicyclic) bond motifs is 7. The molecule has 40 heavy (non-hydrogen) atoms. The van der Waals surface area contributed by atoms with Gasteiger partial charge in [-0.2, -0.15) is 4.57 Å². The van der Waals surface area contributed by atoms with E-state index in [1.165, 1.54) is 11.1 Å². The van der Waals surface area contributed by atoms with E-state index in [2.05, 4.69) is 50.1 Å². The van der Waals surface area contributed by atoms with E-state index < -0.39 is 0 Å². The lowest BCUT2D eigenvalue weighted by atomic mass is 9.88. The zero-order chi connectivity index (χ0) is 26.8. The van der Waals surface area contributed by atoms with Gasteiger partial charge in [0.1, 0.15) is 5.39 Å². The lowest BCUT2D eigenvalue weighted by Crippen LogP contribution is -3.00. The van der Waals surface area contributed by atoms with E-state index >= 15 is 0 Å². The summed E-state index contributed by atoms with van der Waals surface area (Å²) in [5, 5.41) is 1.87. The van der Waals surface area contributed by atoms with E-state index in [1.807, 2.05) is 30.3 Å². The Morgan fingerprint density at radius 2 is 1.65 bits per heavy atom. The molecule has 1 aromatic heterocycles. The summed E-state index contributed by atoms with van der Waals surface area (Å²) in [4.78, 5) is 14.0. The van der Waals surface area contributed by atoms with Crippen LogP contribution < -0.4 is 35.9 Å². The summed E-state index contributed by atoms with van der Waals surface area (Å²) < 4.78 is 25.4. The number of allylic oxidation sites excluding steroid dienone is 1. The predicted molar refractivity (Wildman–Crippen MR) is 149 cm³/mol. The Morgan fingerprint density at radius 3 is 2.40 bits per heavy atom. The highest BCUT2D eigenvalue weighted by Gasteiger charge is 2.38. The third kappa shape index (κ3) is 4.01. The number of aromatic nitrogens is 1. The van der Waals surface area contributed by atoms with Crippen LogP contribution in [0.15, 0.2) is 55.1 Å². The molecule has 0 spiro atoms. The molecule has 3 aromatic carbocycles. The van der Waals surface area contributed by atoms with E-state index in [-0.39, 0.29) is 31.8 Å². The average molecular weight is 556 g/mol. The van der Waals surface area contributed by atoms with Crippen LogP contribution in [0.25, 0.3) is 27.6 Å². The van der Waals surface area contributed by atoms with Crippen molar-refractivity contribution in [1.82, 2.24) is 0 Å². The maximum absolute atomic E-state index is 14.0. The van der Waals surface area contributed by atoms with Crippen molar-refractivity contribution in [2.45, 2.75) is 40.2 Å². The molecule has 4 heterocycles. The summed E-state index contributed by atoms with van der Waals surface area (Å²) >= 11 is 0. The van der Waals surface area contributed by atoms with Gasteiger partial charge in [0, 0.05) is 22.9 Å². The smallest absolute Gasteiger partial charge is 0.231 e. The lowest BCUT2D eigenvalue weighted by molar-refractivity contribution is -0.688. The number of hydrogen-bond acceptors (Lipinski definition) is 5. The number of halogens is 1. The molecular weight excluding hydrogens is 526 g/mol. The van der Waals surface area contributed by atoms with Gasteiger partial charge in [0.25, 0.3) is 0 Å². The molecule has 7 rings (SSSR count). The van der Waals surface area contributed by atoms with Gasteiger partial charge in [-0.05, 0) is 54.7 Å². The quantitative estimate of drug-likeness (QED) is 0.215. The zero-order valence-corrected chi connectivity index (χ0v) is 23.6. The van der Waals surface area contributed by atoms with Crippen molar-refractivity contribution in [2.75, 3.05) is 13.6 Å². The number of ketones is 1. The highest BCUT2D eigenvalue weighted by Crippen LogP contribution is 2.47. The largest absolute Gasteiger partial charge is 1.00 e. The van der Waals surface area contributed by atoms with Crippen molar-refractivity contribution in [3.05, 3.63) is 83.1 Å². The fourth-order valence-corrected chi connectivity index (χ4v) is 6.17. The first-order chi connectivity index (χ1) is 18.9. The molecule has 0 saturated carbocycles. The first-order valence-corrected chi connectivity index (χ1v) is 13.4. The minimum Gasteiger partial charge on any atom is -1.00 e. The second kappa shape index (κ2) is 9.86. The molecule has 0 unspecified atom stereocenters. The Kier molecular flexibility index (Phi) is 6.46. The SMILES string of the molecule is C=C(C(=O)c1ccc(CC(C)C)cc1)c1c2c3c(ccc2c(C)c2[n+]1CCc1cc4c(cc1-2)OCO4)OCO3.[Cl-]. The molecule has 0 saturated heterocycles. The molecule has 0 N–H and O–H groups in total. The third-order valence-corrected chi connectivity index (χ3v) is 7.95. The Hall–Kier alpha value is -4.03. The van der Waals surface area contributed by atoms with E-state index in [0.29, 0.717) is 35.1 Å². The molecule has 0 atom stereocenters. The highest BCUT2D eigenvalue weighted by atomic mass is 35.5. The molecule has 7 heteroatoms. The number of ether oxygens (including phenoxy) is 4. The van der Waals surface area contributed by atoms with Crippen LogP contribution in [-0.4, -0.2) is 19.4 Å². The van der Waals surface area contributed by atoms with Crippen LogP contribution in [0.4, 0.5) is 0 Å². The first-order valence-electron chi connectivity index (χ1n) is 13.4. The molecule has 3 aliphatic rings. The Morgan fingerprint density at radius 1 is 0.950 bits per heavy atom. The average Bonchev–Trinajstić information content (AvgIpc) is 3.60. The van der Waals surface area contributed by atoms with Crippen LogP contribution in [0.3, 0.4) is 0 Å². The molecule has 0 fully saturated rings. The number of nitrogens with zero attached hydrogens (tertiary/aromatic N) is 1. The van der Waals surface area contributed by atoms with Gasteiger partial charge in [0.05, 0.1) is 11.1 Å². The summed E-state index contributed by atoms with van der Waals surface area (Å²) in [7, 11) is 0. The number of rotatable bonds is 5. The molecule has 3 aliphatic heterocycles. The van der Waals surface area contributed by atoms with Gasteiger partial charge < -0.3 is 31.4 Å². The summed E-state index contributed by atoms with van der Waals surface area (Å²) in [6, 6.07) is 16.1. The molecule has 0 amide bonds. The van der Waals surface area contributed by atoms with Gasteiger partial charge in [-0.15, -0.1) is 0 Å². The summed E-state index contributed by atoms with van der Waals surface area (Å²) in [6.07, 6.45) is 1.77. The second-order valence-electron chi connectivity index (χ2n) is 10.9. The van der Waals surface area contributed by atoms with Crippen molar-refractivity contribution in [3.63, 3.8) is 0 Å². The summed E-state index contributed by atoms with van der Waals surface area (Å²) in [5.74, 6) is 3.32. The first kappa shape index (κ1) is 26.2. The highest BCUT2D eigenvalue weighted by molar-refractivity contribution is 6.30. The van der Waals surface area contributed by atoms with Crippen molar-refractivity contribution >= 4 is 22.1 Å². The Labute approximate surface area is 239 Å². The number of carbonyl (C=O) groups excluding carboxylic acids is 1. The fraction of sp³-hybridized carbons (Fsp3) is 0.273. The van der Waals surface area contributed by atoms with Crippen molar-refractivity contribution in [1.29, 1.82) is 0 Å². The van der Waals surface area contributed by atoms with E-state index in [9.17, 15) is 4.79 Å². The number of hydrogen-bond donors (Lipinski definition) is 0. The van der Waals surface area contributed by atoms with Crippen LogP contribution in [-0.2, 0) is 19.4 Å². The van der Waals surface area contributed by atoms with Gasteiger partial charge in [0.15, 0.2) is 35.3 Å². The molecule has 6 nitrogen and oxygen atoms in total. The molecule has 4 aromatic rings. The standard InChI is InChI=1S/C33H30NO5.ClH/c1-18(2)13-21-5-7-22(8-6-21)32(35)20(4)31-29-24(9-10-26-33(29)39-17-36-26)19(3)30-25-15-28-27(37-16-38-28)14-23(25)11-12-34(30)31;/h5-10,14-15,18H,4,11-13,16-17H2,1-3H3;1H/q+1;/p-1. The fourth-order valence-electron chi connectivity index (χ4n) is 6.17. The van der Waals surface area contributed by atoms with Gasteiger partial charge >= 0.3 is 0 Å². The van der Waals surface area contributed by atoms with Gasteiger partial charge in [-0.3, -0.25) is 4.79 Å². The monoisotopic (exact) mass is 555 g/mol. The number of pyridine rings is 1. The Bertz CT molecular complexity index is 1710. The minimum atomic E-state index is -0.0982. The van der Waals surface area contributed by atoms with Gasteiger partial charge in [-0.25, -0.2) is 0 Å². The third-order valence-electron chi connectivity index (χ3n) is 7.95. The minimum absolute atomic E-state index is 0. The molecule has 0 bridgehead atoms. The normalized spacial score (nSPS) is 14.1. The predicted octanol–water partition coefficient (Wildman–Crippen LogP) is 3.21. The summed E-state index contributed by atoms with van der Waals surface area (Å²) in [6.45, 7) is 12.0. The Balaban J connectivity index is 0.00000289. The van der Waals surface area contributed by atoms with E-state index in [0.717, 1.165) is 57.6 Å². The zero-order valence-electron chi connectivity index (χ0n) is 22.8. The van der Waals surface area contributed by atoms with Crippen LogP contribution in [0, 0.1) is 12.8 Å². The van der Waals surface area contributed by atoms with Crippen LogP contribution in [0.5, 0.6) is 23.0 Å². The van der Waals surface area contributed by atoms with Crippen LogP contribution in [0.2, 0.25) is 0 Å². The maximum atomic E-state index is 14.0. The van der Waals surface area contributed by atoms with Gasteiger partial charge in [-0.1, -0.05) is 44.7 Å². The molecular formula is C33H30ClNO5. The van der Waals surface area contributed by atoms with E-state index in [4.69, 9.17) is 18.9 Å². The molecule has 0 radical (unpaired) electrons. The molecule has 204 valence electrons. The number of carbonyl (C=O) groups is 1. The van der Waals surface area contributed by atoms with Crippen molar-refractivity contribution < 1.29 is 40.7 Å². The lowest BCUT2D eigenvalue weighted by Gasteiger charge is -2.22. The number of benzene rings is 3. The van der Waals surface area contributed by atoms with Gasteiger partial charge in [0.2, 0.25) is 25.0 Å². The summed E-state index contributed by atoms with van der Waals surface area (Å²) in [5.41, 5.74) is 7.49. The van der Waals surface area contributed by atoms with Crippen LogP contribution >= 0.6 is 0 Å². The van der Waals surface area contributed by atoms with Crippen LogP contribution in [0.1, 0.15) is 46.6 Å². The second-order valence-corrected chi connectivity index (χ2v) is 10.9. The van der Waals surface area contributed by atoms with Crippen molar-refractivity contribution in [2.24, 2.45) is 5.92 Å². The topological polar surface area (TPSA) is 57.9 Å². The number of Topliss-reactive ketones (excluding diaryl/α,β-unsaturated/α-hetero) is 1. The van der Waals surface area contributed by atoms with Crippen molar-refractivity contribution in [3.8, 4) is 34.3 Å².